The molecular formula is C21H15ClN2O5. The van der Waals surface area contributed by atoms with Crippen molar-refractivity contribution in [2.45, 2.75) is 6.42 Å². The Balaban J connectivity index is 1.74. The molecule has 0 fully saturated rings. The Labute approximate surface area is 170 Å². The molecule has 3 rings (SSSR count). The maximum Gasteiger partial charge on any atom is 0.374 e. The van der Waals surface area contributed by atoms with Crippen LogP contribution in [0.3, 0.4) is 0 Å². The van der Waals surface area contributed by atoms with Crippen molar-refractivity contribution in [1.82, 2.24) is 0 Å². The third-order valence-electron chi connectivity index (χ3n) is 4.03. The maximum atomic E-state index is 12.5. The van der Waals surface area contributed by atoms with Crippen LogP contribution in [0.2, 0.25) is 5.02 Å². The van der Waals surface area contributed by atoms with Crippen LogP contribution >= 0.6 is 11.6 Å². The Morgan fingerprint density at radius 1 is 1.14 bits per heavy atom. The molecule has 0 saturated heterocycles. The summed E-state index contributed by atoms with van der Waals surface area (Å²) in [4.78, 5) is 38.3. The first-order chi connectivity index (χ1) is 14.0. The molecule has 0 atom stereocenters. The number of fused-ring (bicyclic) bond motifs is 1. The van der Waals surface area contributed by atoms with E-state index in [1.54, 1.807) is 30.3 Å². The zero-order valence-electron chi connectivity index (χ0n) is 15.1. The summed E-state index contributed by atoms with van der Waals surface area (Å²) in [6.07, 6.45) is 0.122. The van der Waals surface area contributed by atoms with Crippen molar-refractivity contribution < 1.29 is 18.7 Å². The van der Waals surface area contributed by atoms with E-state index < -0.39 is 23.9 Å². The van der Waals surface area contributed by atoms with Crippen LogP contribution in [0.1, 0.15) is 17.0 Å². The molecule has 0 aliphatic rings. The standard InChI is InChI=1S/C21H15ClN2O5/c22-14-7-8-18-16(11-14)17(25)12-19(29-18)21(27)28-13-20(26)24(10-4-9-23)15-5-2-1-3-6-15/h1-3,5-8,11-12H,4,10,13H2. The molecule has 0 radical (unpaired) electrons. The predicted molar refractivity (Wildman–Crippen MR) is 107 cm³/mol. The van der Waals surface area contributed by atoms with Crippen molar-refractivity contribution >= 4 is 40.1 Å². The highest BCUT2D eigenvalue weighted by molar-refractivity contribution is 6.31. The van der Waals surface area contributed by atoms with Gasteiger partial charge in [0.25, 0.3) is 5.91 Å². The second-order valence-electron chi connectivity index (χ2n) is 5.98. The quantitative estimate of drug-likeness (QED) is 0.576. The van der Waals surface area contributed by atoms with Crippen LogP contribution in [0.4, 0.5) is 5.69 Å². The smallest absolute Gasteiger partial charge is 0.374 e. The van der Waals surface area contributed by atoms with Crippen molar-refractivity contribution in [2.24, 2.45) is 0 Å². The molecule has 29 heavy (non-hydrogen) atoms. The van der Waals surface area contributed by atoms with Crippen molar-refractivity contribution in [3.05, 3.63) is 75.6 Å². The van der Waals surface area contributed by atoms with E-state index in [0.29, 0.717) is 10.7 Å². The van der Waals surface area contributed by atoms with Gasteiger partial charge in [0.05, 0.1) is 17.9 Å². The fourth-order valence-corrected chi connectivity index (χ4v) is 2.85. The first-order valence-corrected chi connectivity index (χ1v) is 9.00. The lowest BCUT2D eigenvalue weighted by Crippen LogP contribution is -2.35. The van der Waals surface area contributed by atoms with Crippen molar-refractivity contribution in [3.63, 3.8) is 0 Å². The van der Waals surface area contributed by atoms with E-state index in [4.69, 9.17) is 26.0 Å². The number of anilines is 1. The van der Waals surface area contributed by atoms with E-state index in [-0.39, 0.29) is 29.7 Å². The van der Waals surface area contributed by atoms with Gasteiger partial charge in [-0.15, -0.1) is 0 Å². The molecule has 0 aliphatic heterocycles. The number of para-hydroxylation sites is 1. The number of ether oxygens (including phenoxy) is 1. The Morgan fingerprint density at radius 2 is 1.90 bits per heavy atom. The van der Waals surface area contributed by atoms with Crippen molar-refractivity contribution in [1.29, 1.82) is 5.26 Å². The lowest BCUT2D eigenvalue weighted by atomic mass is 10.2. The number of hydrogen-bond acceptors (Lipinski definition) is 6. The molecule has 146 valence electrons. The van der Waals surface area contributed by atoms with Crippen LogP contribution in [-0.4, -0.2) is 25.0 Å². The summed E-state index contributed by atoms with van der Waals surface area (Å²) in [7, 11) is 0. The zero-order chi connectivity index (χ0) is 20.8. The van der Waals surface area contributed by atoms with E-state index in [2.05, 4.69) is 0 Å². The molecule has 8 heteroatoms. The molecule has 2 aromatic carbocycles. The van der Waals surface area contributed by atoms with Crippen LogP contribution in [0.25, 0.3) is 11.0 Å². The fourth-order valence-electron chi connectivity index (χ4n) is 2.67. The maximum absolute atomic E-state index is 12.5. The minimum absolute atomic E-state index is 0.122. The molecule has 0 saturated carbocycles. The highest BCUT2D eigenvalue weighted by Crippen LogP contribution is 2.18. The molecule has 0 unspecified atom stereocenters. The van der Waals surface area contributed by atoms with Gasteiger partial charge < -0.3 is 14.1 Å². The fraction of sp³-hybridized carbons (Fsp3) is 0.143. The van der Waals surface area contributed by atoms with Gasteiger partial charge in [-0.3, -0.25) is 9.59 Å². The highest BCUT2D eigenvalue weighted by atomic mass is 35.5. The summed E-state index contributed by atoms with van der Waals surface area (Å²) in [6.45, 7) is -0.412. The molecule has 0 N–H and O–H groups in total. The Bertz CT molecular complexity index is 1150. The number of nitrogens with zero attached hydrogens (tertiary/aromatic N) is 2. The minimum Gasteiger partial charge on any atom is -0.450 e. The van der Waals surface area contributed by atoms with E-state index in [1.807, 2.05) is 6.07 Å². The molecule has 3 aromatic rings. The van der Waals surface area contributed by atoms with E-state index in [1.165, 1.54) is 23.1 Å². The average Bonchev–Trinajstić information content (AvgIpc) is 2.73. The summed E-state index contributed by atoms with van der Waals surface area (Å²) >= 11 is 5.86. The summed E-state index contributed by atoms with van der Waals surface area (Å²) in [5.41, 5.74) is 0.310. The number of halogens is 1. The molecule has 0 bridgehead atoms. The van der Waals surface area contributed by atoms with Crippen molar-refractivity contribution in [3.8, 4) is 6.07 Å². The van der Waals surface area contributed by atoms with Crippen LogP contribution in [0, 0.1) is 11.3 Å². The van der Waals surface area contributed by atoms with Gasteiger partial charge in [-0.25, -0.2) is 4.79 Å². The molecular weight excluding hydrogens is 396 g/mol. The van der Waals surface area contributed by atoms with E-state index >= 15 is 0 Å². The van der Waals surface area contributed by atoms with Gasteiger partial charge in [0.1, 0.15) is 5.58 Å². The monoisotopic (exact) mass is 410 g/mol. The molecule has 0 aliphatic carbocycles. The second-order valence-corrected chi connectivity index (χ2v) is 6.42. The third-order valence-corrected chi connectivity index (χ3v) is 4.27. The van der Waals surface area contributed by atoms with Gasteiger partial charge in [0, 0.05) is 23.3 Å². The highest BCUT2D eigenvalue weighted by Gasteiger charge is 2.20. The SMILES string of the molecule is N#CCCN(C(=O)COC(=O)c1cc(=O)c2cc(Cl)ccc2o1)c1ccccc1. The minimum atomic E-state index is -0.944. The van der Waals surface area contributed by atoms with Crippen LogP contribution in [0.5, 0.6) is 0 Å². The Morgan fingerprint density at radius 3 is 2.62 bits per heavy atom. The summed E-state index contributed by atoms with van der Waals surface area (Å²) < 4.78 is 10.4. The Hall–Kier alpha value is -3.63. The van der Waals surface area contributed by atoms with Gasteiger partial charge in [0.15, 0.2) is 12.0 Å². The third kappa shape index (κ3) is 4.81. The van der Waals surface area contributed by atoms with Gasteiger partial charge in [-0.05, 0) is 30.3 Å². The molecule has 1 amide bonds. The number of rotatable bonds is 6. The largest absolute Gasteiger partial charge is 0.450 e. The number of amides is 1. The number of nitriles is 1. The first kappa shape index (κ1) is 20.1. The van der Waals surface area contributed by atoms with Gasteiger partial charge in [0.2, 0.25) is 5.76 Å². The number of carbonyl (C=O) groups excluding carboxylic acids is 2. The second kappa shape index (κ2) is 9.04. The molecule has 1 heterocycles. The van der Waals surface area contributed by atoms with E-state index in [0.717, 1.165) is 6.07 Å². The summed E-state index contributed by atoms with van der Waals surface area (Å²) in [5, 5.41) is 9.41. The van der Waals surface area contributed by atoms with Gasteiger partial charge in [-0.1, -0.05) is 29.8 Å². The normalized spacial score (nSPS) is 10.3. The van der Waals surface area contributed by atoms with Crippen LogP contribution < -0.4 is 10.3 Å². The zero-order valence-corrected chi connectivity index (χ0v) is 15.9. The lowest BCUT2D eigenvalue weighted by molar-refractivity contribution is -0.121. The average molecular weight is 411 g/mol. The summed E-state index contributed by atoms with van der Waals surface area (Å²) in [5.74, 6) is -1.77. The van der Waals surface area contributed by atoms with E-state index in [9.17, 15) is 14.4 Å². The molecule has 7 nitrogen and oxygen atoms in total. The van der Waals surface area contributed by atoms with Gasteiger partial charge >= 0.3 is 5.97 Å². The van der Waals surface area contributed by atoms with Crippen molar-refractivity contribution in [2.75, 3.05) is 18.1 Å². The predicted octanol–water partition coefficient (Wildman–Crippen LogP) is 3.55. The topological polar surface area (TPSA) is 101 Å². The van der Waals surface area contributed by atoms with Crippen LogP contribution in [-0.2, 0) is 9.53 Å². The lowest BCUT2D eigenvalue weighted by Gasteiger charge is -2.21. The number of benzene rings is 2. The molecule has 0 spiro atoms. The van der Waals surface area contributed by atoms with Crippen LogP contribution in [0.15, 0.2) is 63.8 Å². The van der Waals surface area contributed by atoms with Gasteiger partial charge in [-0.2, -0.15) is 5.26 Å². The summed E-state index contributed by atoms with van der Waals surface area (Å²) in [6, 6.07) is 16.1. The number of carbonyl (C=O) groups is 2. The first-order valence-electron chi connectivity index (χ1n) is 8.62. The Kier molecular flexibility index (Phi) is 6.27. The number of esters is 1. The number of hydrogen-bond donors (Lipinski definition) is 0. The molecule has 1 aromatic heterocycles.